The second kappa shape index (κ2) is 10.4. The van der Waals surface area contributed by atoms with Crippen LogP contribution in [-0.4, -0.2) is 22.8 Å². The van der Waals surface area contributed by atoms with Crippen molar-refractivity contribution in [2.75, 3.05) is 4.90 Å². The lowest BCUT2D eigenvalue weighted by atomic mass is 10.1. The van der Waals surface area contributed by atoms with E-state index >= 15 is 0 Å². The van der Waals surface area contributed by atoms with Crippen LogP contribution < -0.4 is 15.0 Å². The molecule has 1 N–H and O–H groups in total. The van der Waals surface area contributed by atoms with Crippen LogP contribution in [0.2, 0.25) is 15.1 Å². The Bertz CT molecular complexity index is 1460. The fourth-order valence-electron chi connectivity index (χ4n) is 3.33. The number of halogens is 3. The molecule has 3 aromatic rings. The maximum absolute atomic E-state index is 13.0. The highest BCUT2D eigenvalue weighted by atomic mass is 35.5. The van der Waals surface area contributed by atoms with Gasteiger partial charge in [0.2, 0.25) is 0 Å². The van der Waals surface area contributed by atoms with Gasteiger partial charge in [-0.25, -0.2) is 9.69 Å². The van der Waals surface area contributed by atoms with Crippen LogP contribution in [0.15, 0.2) is 66.2 Å². The Balaban J connectivity index is 1.55. The predicted octanol–water partition coefficient (Wildman–Crippen LogP) is 5.80. The lowest BCUT2D eigenvalue weighted by Crippen LogP contribution is -2.54. The van der Waals surface area contributed by atoms with Gasteiger partial charge < -0.3 is 4.74 Å². The third-order valence-corrected chi connectivity index (χ3v) is 6.08. The first kappa shape index (κ1) is 25.2. The van der Waals surface area contributed by atoms with Crippen molar-refractivity contribution < 1.29 is 24.0 Å². The molecule has 12 heteroatoms. The van der Waals surface area contributed by atoms with Gasteiger partial charge >= 0.3 is 6.03 Å². The molecular formula is C24H14Cl3N3O6. The van der Waals surface area contributed by atoms with Gasteiger partial charge in [-0.2, -0.15) is 0 Å². The van der Waals surface area contributed by atoms with E-state index in [1.54, 1.807) is 18.2 Å². The smallest absolute Gasteiger partial charge is 0.335 e. The number of nitro groups is 1. The minimum Gasteiger partial charge on any atom is -0.487 e. The van der Waals surface area contributed by atoms with Gasteiger partial charge in [-0.1, -0.05) is 53.0 Å². The van der Waals surface area contributed by atoms with E-state index < -0.39 is 22.8 Å². The van der Waals surface area contributed by atoms with E-state index in [-0.39, 0.29) is 44.4 Å². The third-order valence-electron chi connectivity index (χ3n) is 5.05. The van der Waals surface area contributed by atoms with Crippen molar-refractivity contribution in [2.24, 2.45) is 0 Å². The molecule has 1 heterocycles. The average molecular weight is 547 g/mol. The van der Waals surface area contributed by atoms with Gasteiger partial charge in [0.05, 0.1) is 25.7 Å². The number of amides is 4. The van der Waals surface area contributed by atoms with Gasteiger partial charge in [-0.3, -0.25) is 25.0 Å². The van der Waals surface area contributed by atoms with E-state index in [4.69, 9.17) is 39.5 Å². The quantitative estimate of drug-likeness (QED) is 0.181. The van der Waals surface area contributed by atoms with Crippen LogP contribution in [0.1, 0.15) is 11.1 Å². The van der Waals surface area contributed by atoms with E-state index in [2.05, 4.69) is 5.32 Å². The van der Waals surface area contributed by atoms with E-state index in [1.165, 1.54) is 48.5 Å². The third kappa shape index (κ3) is 5.33. The molecule has 0 saturated carbocycles. The molecule has 3 aromatic carbocycles. The predicted molar refractivity (Wildman–Crippen MR) is 134 cm³/mol. The Morgan fingerprint density at radius 3 is 2.42 bits per heavy atom. The van der Waals surface area contributed by atoms with Crippen LogP contribution in [0.25, 0.3) is 6.08 Å². The van der Waals surface area contributed by atoms with Crippen molar-refractivity contribution in [2.45, 2.75) is 6.61 Å². The van der Waals surface area contributed by atoms with E-state index in [1.807, 2.05) is 0 Å². The fraction of sp³-hybridized carbons (Fsp3) is 0.0417. The molecule has 0 atom stereocenters. The van der Waals surface area contributed by atoms with Crippen molar-refractivity contribution in [3.05, 3.63) is 103 Å². The molecule has 0 aliphatic carbocycles. The summed E-state index contributed by atoms with van der Waals surface area (Å²) in [7, 11) is 0. The molecule has 0 aromatic heterocycles. The summed E-state index contributed by atoms with van der Waals surface area (Å²) < 4.78 is 5.66. The normalized spacial score (nSPS) is 14.7. The van der Waals surface area contributed by atoms with Crippen LogP contribution >= 0.6 is 34.8 Å². The highest BCUT2D eigenvalue weighted by molar-refractivity contribution is 6.43. The number of nitro benzene ring substituents is 1. The number of urea groups is 1. The van der Waals surface area contributed by atoms with Crippen LogP contribution in [-0.2, 0) is 16.2 Å². The number of hydrogen-bond donors (Lipinski definition) is 1. The summed E-state index contributed by atoms with van der Waals surface area (Å²) in [6.07, 6.45) is 1.28. The minimum absolute atomic E-state index is 0.0312. The Labute approximate surface area is 219 Å². The van der Waals surface area contributed by atoms with Crippen molar-refractivity contribution in [3.63, 3.8) is 0 Å². The van der Waals surface area contributed by atoms with Crippen LogP contribution in [0.5, 0.6) is 5.75 Å². The van der Waals surface area contributed by atoms with E-state index in [0.29, 0.717) is 11.1 Å². The molecule has 4 rings (SSSR count). The molecule has 0 radical (unpaired) electrons. The Morgan fingerprint density at radius 2 is 1.72 bits per heavy atom. The first-order chi connectivity index (χ1) is 17.1. The zero-order valence-corrected chi connectivity index (χ0v) is 20.3. The number of carbonyl (C=O) groups excluding carboxylic acids is 3. The maximum Gasteiger partial charge on any atom is 0.335 e. The first-order valence-corrected chi connectivity index (χ1v) is 11.3. The van der Waals surface area contributed by atoms with Crippen LogP contribution in [0.4, 0.5) is 16.2 Å². The number of anilines is 1. The number of non-ortho nitro benzene ring substituents is 1. The standard InChI is InChI=1S/C24H14Cl3N3O6/c25-18-6-5-15(11-19(18)26)29-23(32)17(22(31)28-24(29)33)9-13-4-7-21(20(27)10-13)36-12-14-2-1-3-16(8-14)30(34)35/h1-11H,12H2,(H,28,31,33)/b17-9+. The average Bonchev–Trinajstić information content (AvgIpc) is 2.83. The minimum atomic E-state index is -0.927. The summed E-state index contributed by atoms with van der Waals surface area (Å²) in [6.45, 7) is 0.0312. The zero-order chi connectivity index (χ0) is 26.0. The van der Waals surface area contributed by atoms with Crippen LogP contribution in [0, 0.1) is 10.1 Å². The maximum atomic E-state index is 13.0. The summed E-state index contributed by atoms with van der Waals surface area (Å²) in [4.78, 5) is 49.0. The van der Waals surface area contributed by atoms with Crippen molar-refractivity contribution in [3.8, 4) is 5.75 Å². The molecule has 1 fully saturated rings. The molecule has 0 spiro atoms. The molecule has 182 valence electrons. The molecule has 1 saturated heterocycles. The lowest BCUT2D eigenvalue weighted by molar-refractivity contribution is -0.384. The summed E-state index contributed by atoms with van der Waals surface area (Å²) >= 11 is 18.2. The van der Waals surface area contributed by atoms with Gasteiger partial charge in [0.1, 0.15) is 17.9 Å². The number of benzene rings is 3. The molecular weight excluding hydrogens is 533 g/mol. The molecule has 4 amide bonds. The number of ether oxygens (including phenoxy) is 1. The van der Waals surface area contributed by atoms with Crippen LogP contribution in [0.3, 0.4) is 0 Å². The van der Waals surface area contributed by atoms with Crippen molar-refractivity contribution >= 4 is 70.1 Å². The number of imide groups is 2. The molecule has 0 bridgehead atoms. The highest BCUT2D eigenvalue weighted by Crippen LogP contribution is 2.31. The zero-order valence-electron chi connectivity index (χ0n) is 18.0. The lowest BCUT2D eigenvalue weighted by Gasteiger charge is -2.26. The molecule has 9 nitrogen and oxygen atoms in total. The number of rotatable bonds is 6. The Morgan fingerprint density at radius 1 is 0.944 bits per heavy atom. The second-order valence-corrected chi connectivity index (χ2v) is 8.68. The monoisotopic (exact) mass is 545 g/mol. The number of nitrogens with one attached hydrogen (secondary N) is 1. The van der Waals surface area contributed by atoms with Gasteiger partial charge in [0.25, 0.3) is 17.5 Å². The number of barbiturate groups is 1. The van der Waals surface area contributed by atoms with Gasteiger partial charge in [-0.05, 0) is 47.5 Å². The largest absolute Gasteiger partial charge is 0.487 e. The van der Waals surface area contributed by atoms with Crippen molar-refractivity contribution in [1.29, 1.82) is 0 Å². The number of hydrogen-bond acceptors (Lipinski definition) is 6. The Hall–Kier alpha value is -3.92. The molecule has 0 unspecified atom stereocenters. The summed E-state index contributed by atoms with van der Waals surface area (Å²) in [5.41, 5.74) is 0.732. The summed E-state index contributed by atoms with van der Waals surface area (Å²) in [6, 6.07) is 13.8. The molecule has 1 aliphatic rings. The summed E-state index contributed by atoms with van der Waals surface area (Å²) in [5.74, 6) is -1.44. The molecule has 1 aliphatic heterocycles. The summed E-state index contributed by atoms with van der Waals surface area (Å²) in [5, 5.41) is 13.6. The molecule has 36 heavy (non-hydrogen) atoms. The highest BCUT2D eigenvalue weighted by Gasteiger charge is 2.37. The van der Waals surface area contributed by atoms with Gasteiger partial charge in [0, 0.05) is 12.1 Å². The first-order valence-electron chi connectivity index (χ1n) is 10.2. The van der Waals surface area contributed by atoms with E-state index in [0.717, 1.165) is 4.90 Å². The number of carbonyl (C=O) groups is 3. The van der Waals surface area contributed by atoms with Gasteiger partial charge in [-0.15, -0.1) is 0 Å². The second-order valence-electron chi connectivity index (χ2n) is 7.46. The SMILES string of the molecule is O=C1NC(=O)N(c2ccc(Cl)c(Cl)c2)C(=O)/C1=C/c1ccc(OCc2cccc([N+](=O)[O-])c2)c(Cl)c1. The number of nitrogens with zero attached hydrogens (tertiary/aromatic N) is 2. The van der Waals surface area contributed by atoms with E-state index in [9.17, 15) is 24.5 Å². The van der Waals surface area contributed by atoms with Crippen molar-refractivity contribution in [1.82, 2.24) is 5.32 Å². The Kier molecular flexibility index (Phi) is 7.25. The topological polar surface area (TPSA) is 119 Å². The fourth-order valence-corrected chi connectivity index (χ4v) is 3.86. The van der Waals surface area contributed by atoms with Gasteiger partial charge in [0.15, 0.2) is 0 Å².